The Morgan fingerprint density at radius 3 is 2.73 bits per heavy atom. The number of aliphatic hydroxyl groups is 1. The number of H-pyrrole nitrogens is 1. The highest BCUT2D eigenvalue weighted by atomic mass is 16.3. The largest absolute Gasteiger partial charge is 0.508 e. The fourth-order valence-corrected chi connectivity index (χ4v) is 5.16. The summed E-state index contributed by atoms with van der Waals surface area (Å²) in [6, 6.07) is 5.74. The smallest absolute Gasteiger partial charge is 0.275 e. The minimum Gasteiger partial charge on any atom is -0.508 e. The number of aliphatic hydroxyl groups excluding tert-OH is 1. The Kier molecular flexibility index (Phi) is 4.97. The minimum atomic E-state index is -0.692. The molecule has 0 bridgehead atoms. The third kappa shape index (κ3) is 3.29. The topological polar surface area (TPSA) is 140 Å². The van der Waals surface area contributed by atoms with Gasteiger partial charge in [0.25, 0.3) is 11.5 Å². The van der Waals surface area contributed by atoms with E-state index in [1.807, 2.05) is 0 Å². The molecule has 1 aliphatic heterocycles. The molecule has 1 aliphatic carbocycles. The SMILES string of the molecule is Cc1c(C(=O)N2CC3CCC3(C(=O)N[C@@H](CO)c3ccc(O)cc3)C2)cn2nc[nH]c(=O)c12. The number of amides is 2. The molecule has 1 saturated carbocycles. The number of carbonyl (C=O) groups is 2. The van der Waals surface area contributed by atoms with Gasteiger partial charge < -0.3 is 25.4 Å². The Hall–Kier alpha value is -3.66. The van der Waals surface area contributed by atoms with Crippen LogP contribution in [0.25, 0.3) is 5.52 Å². The van der Waals surface area contributed by atoms with Gasteiger partial charge in [-0.2, -0.15) is 5.10 Å². The van der Waals surface area contributed by atoms with Crippen LogP contribution in [0.3, 0.4) is 0 Å². The maximum absolute atomic E-state index is 13.3. The molecule has 2 aliphatic rings. The van der Waals surface area contributed by atoms with E-state index >= 15 is 0 Å². The van der Waals surface area contributed by atoms with Crippen molar-refractivity contribution in [2.45, 2.75) is 25.8 Å². The van der Waals surface area contributed by atoms with E-state index in [2.05, 4.69) is 15.4 Å². The number of likely N-dealkylation sites (tertiary alicyclic amines) is 1. The summed E-state index contributed by atoms with van der Waals surface area (Å²) in [6.45, 7) is 2.18. The summed E-state index contributed by atoms with van der Waals surface area (Å²) in [4.78, 5) is 43.0. The molecule has 3 atom stereocenters. The number of hydrogen-bond acceptors (Lipinski definition) is 6. The number of aromatic nitrogens is 3. The first-order valence-electron chi connectivity index (χ1n) is 10.9. The van der Waals surface area contributed by atoms with Gasteiger partial charge in [0.05, 0.1) is 23.6 Å². The van der Waals surface area contributed by atoms with E-state index in [0.29, 0.717) is 35.2 Å². The van der Waals surface area contributed by atoms with Gasteiger partial charge in [0.2, 0.25) is 5.91 Å². The molecule has 1 saturated heterocycles. The van der Waals surface area contributed by atoms with Crippen molar-refractivity contribution in [3.05, 3.63) is 63.8 Å². The van der Waals surface area contributed by atoms with Crippen LogP contribution in [-0.2, 0) is 4.79 Å². The number of rotatable bonds is 5. The molecule has 10 nitrogen and oxygen atoms in total. The van der Waals surface area contributed by atoms with Crippen molar-refractivity contribution in [3.63, 3.8) is 0 Å². The van der Waals surface area contributed by atoms with Crippen molar-refractivity contribution in [1.29, 1.82) is 0 Å². The van der Waals surface area contributed by atoms with Gasteiger partial charge in [0, 0.05) is 19.3 Å². The van der Waals surface area contributed by atoms with Gasteiger partial charge in [-0.25, -0.2) is 4.52 Å². The molecule has 5 rings (SSSR count). The Morgan fingerprint density at radius 1 is 1.33 bits per heavy atom. The van der Waals surface area contributed by atoms with Crippen molar-refractivity contribution >= 4 is 17.3 Å². The lowest BCUT2D eigenvalue weighted by Gasteiger charge is -2.42. The van der Waals surface area contributed by atoms with Crippen LogP contribution in [0.15, 0.2) is 41.6 Å². The molecule has 3 aromatic rings. The standard InChI is InChI=1S/C23H25N5O5/c1-13-17(9-28-19(13)20(31)24-12-25-28)21(32)27-8-15-6-7-23(15,11-27)22(33)26-18(10-29)14-2-4-16(30)5-3-14/h2-5,9,12,15,18,29-30H,6-8,10-11H2,1H3,(H,26,33)(H,24,25,31)/t15?,18-,23?/m0/s1. The van der Waals surface area contributed by atoms with E-state index < -0.39 is 11.5 Å². The second-order valence-electron chi connectivity index (χ2n) is 8.96. The summed E-state index contributed by atoms with van der Waals surface area (Å²) in [5.41, 5.74) is 0.963. The zero-order valence-electron chi connectivity index (χ0n) is 18.1. The monoisotopic (exact) mass is 451 g/mol. The molecule has 4 N–H and O–H groups in total. The first-order chi connectivity index (χ1) is 15.8. The third-order valence-corrected chi connectivity index (χ3v) is 7.22. The molecular weight excluding hydrogens is 426 g/mol. The summed E-state index contributed by atoms with van der Waals surface area (Å²) in [7, 11) is 0. The molecule has 2 amide bonds. The first kappa shape index (κ1) is 21.2. The fourth-order valence-electron chi connectivity index (χ4n) is 5.16. The van der Waals surface area contributed by atoms with Gasteiger partial charge in [-0.3, -0.25) is 14.4 Å². The maximum atomic E-state index is 13.3. The summed E-state index contributed by atoms with van der Waals surface area (Å²) in [5, 5.41) is 26.4. The fraction of sp³-hybridized carbons (Fsp3) is 0.391. The quantitative estimate of drug-likeness (QED) is 0.451. The normalized spacial score (nSPS) is 22.6. The van der Waals surface area contributed by atoms with Crippen LogP contribution in [0.5, 0.6) is 5.75 Å². The number of nitrogens with one attached hydrogen (secondary N) is 2. The van der Waals surface area contributed by atoms with Crippen molar-refractivity contribution in [1.82, 2.24) is 24.8 Å². The number of phenols is 1. The number of aromatic amines is 1. The van der Waals surface area contributed by atoms with Crippen LogP contribution in [0.1, 0.15) is 40.4 Å². The van der Waals surface area contributed by atoms with Crippen LogP contribution in [0.2, 0.25) is 0 Å². The van der Waals surface area contributed by atoms with Gasteiger partial charge in [0.15, 0.2) is 0 Å². The minimum absolute atomic E-state index is 0.0412. The molecule has 3 heterocycles. The summed E-state index contributed by atoms with van der Waals surface area (Å²) < 4.78 is 1.40. The van der Waals surface area contributed by atoms with Gasteiger partial charge in [-0.05, 0) is 48.9 Å². The highest BCUT2D eigenvalue weighted by molar-refractivity contribution is 5.98. The lowest BCUT2D eigenvalue weighted by molar-refractivity contribution is -0.139. The van der Waals surface area contributed by atoms with Crippen molar-refractivity contribution in [2.75, 3.05) is 19.7 Å². The van der Waals surface area contributed by atoms with Crippen LogP contribution in [-0.4, -0.2) is 61.2 Å². The summed E-state index contributed by atoms with van der Waals surface area (Å²) in [5.74, 6) is -0.260. The van der Waals surface area contributed by atoms with E-state index in [4.69, 9.17) is 0 Å². The van der Waals surface area contributed by atoms with Crippen LogP contribution in [0, 0.1) is 18.3 Å². The molecule has 10 heteroatoms. The average Bonchev–Trinajstić information content (AvgIpc) is 3.27. The number of carbonyl (C=O) groups excluding carboxylic acids is 2. The average molecular weight is 451 g/mol. The molecule has 2 unspecified atom stereocenters. The Bertz CT molecular complexity index is 1300. The molecule has 2 fully saturated rings. The lowest BCUT2D eigenvalue weighted by Crippen LogP contribution is -2.53. The predicted molar refractivity (Wildman–Crippen MR) is 118 cm³/mol. The predicted octanol–water partition coefficient (Wildman–Crippen LogP) is 0.739. The number of nitrogens with zero attached hydrogens (tertiary/aromatic N) is 3. The highest BCUT2D eigenvalue weighted by Gasteiger charge is 2.59. The molecular formula is C23H25N5O5. The highest BCUT2D eigenvalue weighted by Crippen LogP contribution is 2.52. The molecule has 172 valence electrons. The second kappa shape index (κ2) is 7.73. The van der Waals surface area contributed by atoms with E-state index in [9.17, 15) is 24.6 Å². The number of benzene rings is 1. The van der Waals surface area contributed by atoms with E-state index in [0.717, 1.165) is 6.42 Å². The van der Waals surface area contributed by atoms with E-state index in [1.54, 1.807) is 30.2 Å². The number of aromatic hydroxyl groups is 1. The number of fused-ring (bicyclic) bond motifs is 2. The molecule has 1 aromatic carbocycles. The summed E-state index contributed by atoms with van der Waals surface area (Å²) >= 11 is 0. The molecule has 0 radical (unpaired) electrons. The van der Waals surface area contributed by atoms with Crippen molar-refractivity contribution < 1.29 is 19.8 Å². The lowest BCUT2D eigenvalue weighted by atomic mass is 9.61. The number of aryl methyl sites for hydroxylation is 1. The molecule has 33 heavy (non-hydrogen) atoms. The molecule has 2 aromatic heterocycles. The van der Waals surface area contributed by atoms with Gasteiger partial charge >= 0.3 is 0 Å². The van der Waals surface area contributed by atoms with Crippen LogP contribution in [0.4, 0.5) is 0 Å². The second-order valence-corrected chi connectivity index (χ2v) is 8.96. The Morgan fingerprint density at radius 2 is 2.09 bits per heavy atom. The van der Waals surface area contributed by atoms with Gasteiger partial charge in [-0.1, -0.05) is 12.1 Å². The summed E-state index contributed by atoms with van der Waals surface area (Å²) in [6.07, 6.45) is 4.35. The van der Waals surface area contributed by atoms with Crippen LogP contribution < -0.4 is 10.9 Å². The van der Waals surface area contributed by atoms with E-state index in [1.165, 1.54) is 23.0 Å². The molecule has 0 spiro atoms. The zero-order valence-corrected chi connectivity index (χ0v) is 18.1. The zero-order chi connectivity index (χ0) is 23.3. The number of hydrogen-bond donors (Lipinski definition) is 4. The maximum Gasteiger partial charge on any atom is 0.275 e. The Balaban J connectivity index is 1.36. The van der Waals surface area contributed by atoms with Crippen LogP contribution >= 0.6 is 0 Å². The van der Waals surface area contributed by atoms with Gasteiger partial charge in [-0.15, -0.1) is 0 Å². The Labute approximate surface area is 188 Å². The third-order valence-electron chi connectivity index (χ3n) is 7.22. The number of phenolic OH excluding ortho intramolecular Hbond substituents is 1. The van der Waals surface area contributed by atoms with Crippen molar-refractivity contribution in [3.8, 4) is 5.75 Å². The van der Waals surface area contributed by atoms with Crippen molar-refractivity contribution in [2.24, 2.45) is 11.3 Å². The first-order valence-corrected chi connectivity index (χ1v) is 10.9. The van der Waals surface area contributed by atoms with Gasteiger partial charge in [0.1, 0.15) is 17.6 Å². The van der Waals surface area contributed by atoms with E-state index in [-0.39, 0.29) is 42.2 Å².